The fourth-order valence-electron chi connectivity index (χ4n) is 4.75. The Hall–Kier alpha value is -3.45. The van der Waals surface area contributed by atoms with E-state index in [4.69, 9.17) is 14.0 Å². The van der Waals surface area contributed by atoms with Crippen molar-refractivity contribution >= 4 is 21.9 Å². The molecule has 7 heteroatoms. The maximum atomic E-state index is 10.7. The van der Waals surface area contributed by atoms with Crippen LogP contribution in [0, 0.1) is 13.8 Å². The van der Waals surface area contributed by atoms with Crippen molar-refractivity contribution in [2.75, 3.05) is 0 Å². The quantitative estimate of drug-likeness (QED) is 0.342. The summed E-state index contributed by atoms with van der Waals surface area (Å²) < 4.78 is 12.9. The van der Waals surface area contributed by atoms with E-state index in [2.05, 4.69) is 40.0 Å². The molecule has 33 heavy (non-hydrogen) atoms. The molecule has 1 atom stereocenters. The van der Waals surface area contributed by atoms with Gasteiger partial charge in [0.1, 0.15) is 12.0 Å². The molecule has 0 amide bonds. The van der Waals surface area contributed by atoms with Crippen LogP contribution in [0.4, 0.5) is 0 Å². The van der Waals surface area contributed by atoms with Crippen molar-refractivity contribution in [1.29, 1.82) is 0 Å². The van der Waals surface area contributed by atoms with Crippen LogP contribution in [0.2, 0.25) is 0 Å². The lowest BCUT2D eigenvalue weighted by Gasteiger charge is -2.21. The Labute approximate surface area is 192 Å². The molecular formula is C26H28N4O3. The molecule has 0 aliphatic heterocycles. The van der Waals surface area contributed by atoms with Crippen LogP contribution in [0.15, 0.2) is 52.0 Å². The molecule has 0 fully saturated rings. The summed E-state index contributed by atoms with van der Waals surface area (Å²) in [6.45, 7) is 9.64. The molecule has 7 nitrogen and oxygen atoms in total. The van der Waals surface area contributed by atoms with Crippen molar-refractivity contribution in [1.82, 2.24) is 19.9 Å². The molecule has 0 saturated carbocycles. The molecule has 170 valence electrons. The molecule has 1 aromatic carbocycles. The smallest absolute Gasteiger partial charge is 0.141 e. The fourth-order valence-corrected chi connectivity index (χ4v) is 4.75. The second-order valence-electron chi connectivity index (χ2n) is 9.21. The Bertz CT molecular complexity index is 1420. The minimum Gasteiger partial charge on any atom is -0.386 e. The molecular weight excluding hydrogens is 416 g/mol. The van der Waals surface area contributed by atoms with E-state index in [0.29, 0.717) is 0 Å². The molecule has 0 saturated heterocycles. The van der Waals surface area contributed by atoms with Crippen LogP contribution in [-0.4, -0.2) is 25.0 Å². The largest absolute Gasteiger partial charge is 0.386 e. The molecule has 1 unspecified atom stereocenters. The first kappa shape index (κ1) is 21.4. The van der Waals surface area contributed by atoms with Crippen LogP contribution >= 0.6 is 0 Å². The standard InChI is InChI=1S/C26H28N4O3/c1-6-7-21(18-13-28-32-14-18)30-22-11-19(26(4,5)31)8-9-20(22)25-23(30)10-17(12-27-25)24-15(2)29-33-16(24)3/h8-14,21,31H,6-7H2,1-5H3. The number of aromatic nitrogens is 4. The predicted octanol–water partition coefficient (Wildman–Crippen LogP) is 6.07. The summed E-state index contributed by atoms with van der Waals surface area (Å²) in [5.41, 5.74) is 6.62. The summed E-state index contributed by atoms with van der Waals surface area (Å²) in [6.07, 6.45) is 7.27. The topological polar surface area (TPSA) is 90.1 Å². The lowest BCUT2D eigenvalue weighted by atomic mass is 9.97. The SMILES string of the molecule is CCCC(c1cnoc1)n1c2cc(C(C)(C)O)ccc2c2ncc(-c3c(C)noc3C)cc21. The number of pyridine rings is 1. The third kappa shape index (κ3) is 3.53. The Kier molecular flexibility index (Phi) is 5.09. The summed E-state index contributed by atoms with van der Waals surface area (Å²) in [5.74, 6) is 0.768. The molecule has 5 rings (SSSR count). The van der Waals surface area contributed by atoms with Gasteiger partial charge < -0.3 is 18.7 Å². The molecule has 5 aromatic rings. The zero-order valence-corrected chi connectivity index (χ0v) is 19.6. The lowest BCUT2D eigenvalue weighted by Crippen LogP contribution is -2.16. The van der Waals surface area contributed by atoms with Crippen molar-refractivity contribution < 1.29 is 14.2 Å². The van der Waals surface area contributed by atoms with Gasteiger partial charge in [-0.1, -0.05) is 35.8 Å². The Morgan fingerprint density at radius 2 is 1.94 bits per heavy atom. The molecule has 4 heterocycles. The summed E-state index contributed by atoms with van der Waals surface area (Å²) in [7, 11) is 0. The van der Waals surface area contributed by atoms with Crippen molar-refractivity contribution in [2.24, 2.45) is 0 Å². The molecule has 0 aliphatic rings. The van der Waals surface area contributed by atoms with Gasteiger partial charge in [0, 0.05) is 28.3 Å². The lowest BCUT2D eigenvalue weighted by molar-refractivity contribution is 0.0787. The van der Waals surface area contributed by atoms with Gasteiger partial charge in [0.15, 0.2) is 0 Å². The van der Waals surface area contributed by atoms with Crippen molar-refractivity contribution in [3.63, 3.8) is 0 Å². The highest BCUT2D eigenvalue weighted by Gasteiger charge is 2.25. The molecule has 0 aliphatic carbocycles. The van der Waals surface area contributed by atoms with Crippen molar-refractivity contribution in [2.45, 2.75) is 59.1 Å². The monoisotopic (exact) mass is 444 g/mol. The summed E-state index contributed by atoms with van der Waals surface area (Å²) in [6, 6.07) is 8.28. The molecule has 1 N–H and O–H groups in total. The first-order valence-corrected chi connectivity index (χ1v) is 11.3. The normalized spacial score (nSPS) is 13.3. The van der Waals surface area contributed by atoms with Gasteiger partial charge >= 0.3 is 0 Å². The van der Waals surface area contributed by atoms with E-state index in [1.807, 2.05) is 26.1 Å². The number of rotatable bonds is 6. The third-order valence-corrected chi connectivity index (χ3v) is 6.38. The molecule has 0 bridgehead atoms. The van der Waals surface area contributed by atoms with Crippen LogP contribution < -0.4 is 0 Å². The van der Waals surface area contributed by atoms with E-state index in [1.165, 1.54) is 0 Å². The highest BCUT2D eigenvalue weighted by atomic mass is 16.5. The number of nitrogens with zero attached hydrogens (tertiary/aromatic N) is 4. The van der Waals surface area contributed by atoms with E-state index in [9.17, 15) is 5.11 Å². The predicted molar refractivity (Wildman–Crippen MR) is 127 cm³/mol. The van der Waals surface area contributed by atoms with Crippen LogP contribution in [0.3, 0.4) is 0 Å². The van der Waals surface area contributed by atoms with Gasteiger partial charge in [-0.15, -0.1) is 0 Å². The van der Waals surface area contributed by atoms with Crippen LogP contribution in [0.5, 0.6) is 0 Å². The Morgan fingerprint density at radius 3 is 2.58 bits per heavy atom. The van der Waals surface area contributed by atoms with Crippen molar-refractivity contribution in [3.05, 3.63) is 65.5 Å². The zero-order valence-electron chi connectivity index (χ0n) is 19.6. The van der Waals surface area contributed by atoms with Crippen LogP contribution in [0.1, 0.15) is 62.2 Å². The number of hydrogen-bond donors (Lipinski definition) is 1. The number of fused-ring (bicyclic) bond motifs is 3. The van der Waals surface area contributed by atoms with E-state index >= 15 is 0 Å². The van der Waals surface area contributed by atoms with Crippen LogP contribution in [0.25, 0.3) is 33.1 Å². The molecule has 0 radical (unpaired) electrons. The van der Waals surface area contributed by atoms with Gasteiger partial charge in [-0.05, 0) is 51.8 Å². The van der Waals surface area contributed by atoms with Gasteiger partial charge in [-0.2, -0.15) is 0 Å². The molecule has 0 spiro atoms. The van der Waals surface area contributed by atoms with Gasteiger partial charge in [0.25, 0.3) is 0 Å². The van der Waals surface area contributed by atoms with Gasteiger partial charge in [0.2, 0.25) is 0 Å². The van der Waals surface area contributed by atoms with E-state index in [0.717, 1.165) is 68.5 Å². The van der Waals surface area contributed by atoms with Crippen LogP contribution in [-0.2, 0) is 5.60 Å². The first-order valence-electron chi connectivity index (χ1n) is 11.3. The number of aryl methyl sites for hydroxylation is 2. The second kappa shape index (κ2) is 7.85. The maximum absolute atomic E-state index is 10.7. The van der Waals surface area contributed by atoms with E-state index < -0.39 is 5.60 Å². The summed E-state index contributed by atoms with van der Waals surface area (Å²) >= 11 is 0. The second-order valence-corrected chi connectivity index (χ2v) is 9.21. The number of hydrogen-bond acceptors (Lipinski definition) is 6. The number of aliphatic hydroxyl groups is 1. The first-order chi connectivity index (χ1) is 15.8. The Morgan fingerprint density at radius 1 is 1.12 bits per heavy atom. The highest BCUT2D eigenvalue weighted by molar-refractivity contribution is 6.07. The summed E-state index contributed by atoms with van der Waals surface area (Å²) in [4.78, 5) is 4.89. The minimum atomic E-state index is -0.956. The zero-order chi connectivity index (χ0) is 23.3. The summed E-state index contributed by atoms with van der Waals surface area (Å²) in [5, 5.41) is 19.8. The fraction of sp³-hybridized carbons (Fsp3) is 0.346. The number of benzene rings is 1. The third-order valence-electron chi connectivity index (χ3n) is 6.38. The van der Waals surface area contributed by atoms with Gasteiger partial charge in [-0.25, -0.2) is 0 Å². The maximum Gasteiger partial charge on any atom is 0.141 e. The van der Waals surface area contributed by atoms with Gasteiger partial charge in [-0.3, -0.25) is 4.98 Å². The molecule has 4 aromatic heterocycles. The van der Waals surface area contributed by atoms with E-state index in [-0.39, 0.29) is 6.04 Å². The average Bonchev–Trinajstić information content (AvgIpc) is 3.49. The average molecular weight is 445 g/mol. The van der Waals surface area contributed by atoms with Gasteiger partial charge in [0.05, 0.1) is 40.1 Å². The minimum absolute atomic E-state index is 0.0139. The Balaban J connectivity index is 1.86. The van der Waals surface area contributed by atoms with E-state index in [1.54, 1.807) is 26.3 Å². The highest BCUT2D eigenvalue weighted by Crippen LogP contribution is 2.39. The van der Waals surface area contributed by atoms with Crippen molar-refractivity contribution in [3.8, 4) is 11.1 Å².